The predicted molar refractivity (Wildman–Crippen MR) is 38.7 cm³/mol. The van der Waals surface area contributed by atoms with Gasteiger partial charge in [0.25, 0.3) is 10.1 Å². The van der Waals surface area contributed by atoms with Crippen molar-refractivity contribution in [3.8, 4) is 0 Å². The maximum absolute atomic E-state index is 10.6. The summed E-state index contributed by atoms with van der Waals surface area (Å²) in [5.41, 5.74) is 10.1. The molecule has 0 aromatic carbocycles. The molecule has 0 aromatic heterocycles. The van der Waals surface area contributed by atoms with E-state index in [1.807, 2.05) is 0 Å². The Bertz CT molecular complexity index is 187. The molecule has 0 saturated heterocycles. The Morgan fingerprint density at radius 3 is 2.36 bits per heavy atom. The third kappa shape index (κ3) is 7.20. The molecule has 0 aliphatic heterocycles. The molecule has 1 unspecified atom stereocenters. The van der Waals surface area contributed by atoms with Gasteiger partial charge < -0.3 is 12.9 Å². The zero-order valence-corrected chi connectivity index (χ0v) is 9.60. The minimum atomic E-state index is -3.44. The second-order valence-electron chi connectivity index (χ2n) is 1.72. The monoisotopic (exact) mass is 192 g/mol. The van der Waals surface area contributed by atoms with Crippen LogP contribution in [0.2, 0.25) is 0 Å². The maximum Gasteiger partial charge on any atom is 1.00 e. The van der Waals surface area contributed by atoms with Crippen LogP contribution in [-0.2, 0) is 14.3 Å². The van der Waals surface area contributed by atoms with E-state index in [1.165, 1.54) is 6.92 Å². The second kappa shape index (κ2) is 6.36. The number of rotatable bonds is 4. The largest absolute Gasteiger partial charge is 1.00 e. The fraction of sp³-hybridized carbons (Fsp3) is 1.00. The molecule has 7 heteroatoms. The van der Waals surface area contributed by atoms with E-state index in [4.69, 9.17) is 11.5 Å². The van der Waals surface area contributed by atoms with E-state index in [9.17, 15) is 8.42 Å². The summed E-state index contributed by atoms with van der Waals surface area (Å²) in [6.45, 7) is 1.47. The average molecular weight is 192 g/mol. The molecular weight excluding hydrogens is 179 g/mol. The summed E-state index contributed by atoms with van der Waals surface area (Å²) in [6.07, 6.45) is -0.912. The van der Waals surface area contributed by atoms with Gasteiger partial charge in [0, 0.05) is 6.54 Å². The Morgan fingerprint density at radius 1 is 1.64 bits per heavy atom. The molecule has 0 fully saturated rings. The van der Waals surface area contributed by atoms with Gasteiger partial charge in [-0.3, -0.25) is 0 Å². The van der Waals surface area contributed by atoms with Crippen LogP contribution in [-0.4, -0.2) is 26.9 Å². The van der Waals surface area contributed by atoms with Gasteiger partial charge in [-0.2, -0.15) is 8.42 Å². The Labute approximate surface area is 90.4 Å². The van der Waals surface area contributed by atoms with Gasteiger partial charge in [-0.25, -0.2) is 4.18 Å². The van der Waals surface area contributed by atoms with Crippen LogP contribution in [0.5, 0.6) is 0 Å². The number of nitrogens with two attached hydrogens (primary N) is 2. The van der Waals surface area contributed by atoms with Crippen LogP contribution >= 0.6 is 0 Å². The van der Waals surface area contributed by atoms with Gasteiger partial charge in [0.15, 0.2) is 0 Å². The number of hydrogen-bond acceptors (Lipinski definition) is 5. The van der Waals surface area contributed by atoms with Gasteiger partial charge in [0.2, 0.25) is 0 Å². The molecule has 0 aromatic rings. The van der Waals surface area contributed by atoms with Crippen LogP contribution < -0.4 is 41.0 Å². The average Bonchev–Trinajstić information content (AvgIpc) is 1.87. The van der Waals surface area contributed by atoms with Gasteiger partial charge in [-0.15, -0.1) is 0 Å². The number of hydrogen-bond donors (Lipinski definition) is 2. The third-order valence-electron chi connectivity index (χ3n) is 0.856. The van der Waals surface area contributed by atoms with Crippen LogP contribution in [0, 0.1) is 0 Å². The van der Waals surface area contributed by atoms with Crippen molar-refractivity contribution in [3.63, 3.8) is 0 Å². The zero-order valence-electron chi connectivity index (χ0n) is 7.78. The normalized spacial score (nSPS) is 13.7. The summed E-state index contributed by atoms with van der Waals surface area (Å²) in [6, 6.07) is 0. The Morgan fingerprint density at radius 2 is 2.09 bits per heavy atom. The van der Waals surface area contributed by atoms with Crippen LogP contribution in [0.1, 0.15) is 8.35 Å². The maximum atomic E-state index is 10.6. The molecule has 64 valence electrons. The van der Waals surface area contributed by atoms with Crippen LogP contribution in [0.4, 0.5) is 0 Å². The van der Waals surface area contributed by atoms with Crippen LogP contribution in [0.25, 0.3) is 0 Å². The standard InChI is InChI=1S/C4H12N2O3S.Na.H/c1-2-10(7,8)9-4(6)3-5;;/h4H,2-3,5-6H2,1H3;;/q;+1;-1. The summed E-state index contributed by atoms with van der Waals surface area (Å²) in [5.74, 6) is -0.0826. The SMILES string of the molecule is CCS(=O)(=O)OC(N)CN.[H-].[Na+]. The Kier molecular flexibility index (Phi) is 8.30. The molecule has 0 aliphatic rings. The summed E-state index contributed by atoms with van der Waals surface area (Å²) in [7, 11) is -3.44. The summed E-state index contributed by atoms with van der Waals surface area (Å²) >= 11 is 0. The van der Waals surface area contributed by atoms with E-state index < -0.39 is 16.3 Å². The van der Waals surface area contributed by atoms with Crippen molar-refractivity contribution in [1.82, 2.24) is 0 Å². The fourth-order valence-corrected chi connectivity index (χ4v) is 0.887. The first-order valence-corrected chi connectivity index (χ1v) is 4.46. The minimum Gasteiger partial charge on any atom is -1.00 e. The van der Waals surface area contributed by atoms with Crippen LogP contribution in [0.3, 0.4) is 0 Å². The molecule has 5 nitrogen and oxygen atoms in total. The van der Waals surface area contributed by atoms with Crippen molar-refractivity contribution in [1.29, 1.82) is 0 Å². The van der Waals surface area contributed by atoms with E-state index in [1.54, 1.807) is 0 Å². The molecule has 0 radical (unpaired) electrons. The summed E-state index contributed by atoms with van der Waals surface area (Å²) in [4.78, 5) is 0. The van der Waals surface area contributed by atoms with Crippen molar-refractivity contribution < 1.29 is 43.6 Å². The first-order chi connectivity index (χ1) is 4.52. The minimum absolute atomic E-state index is 0. The van der Waals surface area contributed by atoms with Crippen LogP contribution in [0.15, 0.2) is 0 Å². The van der Waals surface area contributed by atoms with E-state index in [0.29, 0.717) is 0 Å². The van der Waals surface area contributed by atoms with Gasteiger partial charge in [0.05, 0.1) is 5.75 Å². The first kappa shape index (κ1) is 14.4. The third-order valence-corrected chi connectivity index (χ3v) is 2.10. The van der Waals surface area contributed by atoms with E-state index in [-0.39, 0.29) is 43.3 Å². The smallest absolute Gasteiger partial charge is 1.00 e. The van der Waals surface area contributed by atoms with Gasteiger partial charge in [-0.05, 0) is 6.92 Å². The molecule has 0 rings (SSSR count). The van der Waals surface area contributed by atoms with Gasteiger partial charge in [0.1, 0.15) is 6.23 Å². The molecule has 0 saturated carbocycles. The van der Waals surface area contributed by atoms with Crippen molar-refractivity contribution in [3.05, 3.63) is 0 Å². The topological polar surface area (TPSA) is 95.4 Å². The molecule has 0 bridgehead atoms. The quantitative estimate of drug-likeness (QED) is 0.267. The molecule has 0 spiro atoms. The first-order valence-electron chi connectivity index (χ1n) is 2.88. The molecular formula is C4H13N2NaO3S. The second-order valence-corrected chi connectivity index (χ2v) is 3.60. The van der Waals surface area contributed by atoms with E-state index in [0.717, 1.165) is 0 Å². The van der Waals surface area contributed by atoms with Crippen molar-refractivity contribution in [2.75, 3.05) is 12.3 Å². The van der Waals surface area contributed by atoms with Crippen molar-refractivity contribution in [2.45, 2.75) is 13.2 Å². The van der Waals surface area contributed by atoms with Crippen molar-refractivity contribution in [2.24, 2.45) is 11.5 Å². The van der Waals surface area contributed by atoms with E-state index >= 15 is 0 Å². The fourth-order valence-electron chi connectivity index (χ4n) is 0.296. The molecule has 0 heterocycles. The Hall–Kier alpha value is 0.830. The molecule has 0 amide bonds. The molecule has 1 atom stereocenters. The van der Waals surface area contributed by atoms with Gasteiger partial charge >= 0.3 is 29.6 Å². The zero-order chi connectivity index (χ0) is 8.20. The predicted octanol–water partition coefficient (Wildman–Crippen LogP) is -4.29. The summed E-state index contributed by atoms with van der Waals surface area (Å²) in [5, 5.41) is 0. The van der Waals surface area contributed by atoms with Crippen molar-refractivity contribution >= 4 is 10.1 Å². The Balaban J connectivity index is -0.000000405. The summed E-state index contributed by atoms with van der Waals surface area (Å²) < 4.78 is 25.6. The molecule has 0 aliphatic carbocycles. The molecule has 11 heavy (non-hydrogen) atoms. The molecule has 4 N–H and O–H groups in total. The van der Waals surface area contributed by atoms with E-state index in [2.05, 4.69) is 4.18 Å². The van der Waals surface area contributed by atoms with Gasteiger partial charge in [-0.1, -0.05) is 0 Å².